The monoisotopic (exact) mass is 416 g/mol. The van der Waals surface area contributed by atoms with Crippen molar-refractivity contribution in [1.82, 2.24) is 14.8 Å². The summed E-state index contributed by atoms with van der Waals surface area (Å²) in [6.45, 7) is 4.08. The van der Waals surface area contributed by atoms with Crippen LogP contribution in [0.25, 0.3) is 0 Å². The average molecular weight is 417 g/mol. The van der Waals surface area contributed by atoms with Crippen LogP contribution in [0.2, 0.25) is 5.02 Å². The number of hydrogen-bond acceptors (Lipinski definition) is 5. The van der Waals surface area contributed by atoms with Gasteiger partial charge in [0.25, 0.3) is 0 Å². The van der Waals surface area contributed by atoms with Crippen LogP contribution in [-0.2, 0) is 18.4 Å². The first kappa shape index (κ1) is 20.2. The molecule has 8 heteroatoms. The fourth-order valence-corrected chi connectivity index (χ4v) is 3.39. The topological polar surface area (TPSA) is 69.0 Å². The number of benzene rings is 2. The van der Waals surface area contributed by atoms with E-state index in [-0.39, 0.29) is 17.8 Å². The van der Waals surface area contributed by atoms with E-state index in [4.69, 9.17) is 16.3 Å². The summed E-state index contributed by atoms with van der Waals surface area (Å²) in [6, 6.07) is 15.0. The number of nitrogens with zero attached hydrogens (tertiary/aromatic N) is 3. The predicted molar refractivity (Wildman–Crippen MR) is 112 cm³/mol. The van der Waals surface area contributed by atoms with Crippen molar-refractivity contribution in [3.05, 3.63) is 64.9 Å². The Hall–Kier alpha value is -2.51. The van der Waals surface area contributed by atoms with Crippen LogP contribution in [0.3, 0.4) is 0 Å². The smallest absolute Gasteiger partial charge is 0.237 e. The van der Waals surface area contributed by atoms with Crippen molar-refractivity contribution in [2.75, 3.05) is 5.32 Å². The molecule has 1 unspecified atom stereocenters. The van der Waals surface area contributed by atoms with Crippen LogP contribution in [0.15, 0.2) is 53.7 Å². The van der Waals surface area contributed by atoms with Crippen LogP contribution in [0.5, 0.6) is 5.75 Å². The highest BCUT2D eigenvalue weighted by atomic mass is 35.5. The van der Waals surface area contributed by atoms with E-state index in [0.717, 1.165) is 11.3 Å². The molecule has 3 aromatic rings. The second kappa shape index (κ2) is 9.12. The molecule has 1 heterocycles. The van der Waals surface area contributed by atoms with Gasteiger partial charge in [0.1, 0.15) is 12.4 Å². The van der Waals surface area contributed by atoms with Crippen LogP contribution in [-0.4, -0.2) is 25.9 Å². The Morgan fingerprint density at radius 3 is 2.64 bits per heavy atom. The van der Waals surface area contributed by atoms with Crippen molar-refractivity contribution in [2.24, 2.45) is 7.05 Å². The third-order valence-corrected chi connectivity index (χ3v) is 5.54. The molecule has 0 bridgehead atoms. The van der Waals surface area contributed by atoms with E-state index in [0.29, 0.717) is 21.8 Å². The summed E-state index contributed by atoms with van der Waals surface area (Å²) in [5.41, 5.74) is 1.92. The molecule has 0 fully saturated rings. The number of rotatable bonds is 7. The molecule has 0 saturated heterocycles. The standard InChI is InChI=1S/C20H21ClN4O2S/c1-13-8-10-15(11-9-13)22-19(26)14(2)28-20-24-23-18(25(20)3)12-27-17-7-5-4-6-16(17)21/h4-11,14H,12H2,1-3H3,(H,22,26). The average Bonchev–Trinajstić information content (AvgIpc) is 3.02. The Morgan fingerprint density at radius 1 is 1.21 bits per heavy atom. The number of hydrogen-bond donors (Lipinski definition) is 1. The maximum atomic E-state index is 12.4. The number of para-hydroxylation sites is 1. The lowest BCUT2D eigenvalue weighted by Gasteiger charge is -2.12. The highest BCUT2D eigenvalue weighted by molar-refractivity contribution is 8.00. The molecule has 6 nitrogen and oxygen atoms in total. The van der Waals surface area contributed by atoms with Crippen LogP contribution in [0.1, 0.15) is 18.3 Å². The third kappa shape index (κ3) is 5.05. The largest absolute Gasteiger partial charge is 0.484 e. The molecule has 1 N–H and O–H groups in total. The van der Waals surface area contributed by atoms with Crippen LogP contribution in [0.4, 0.5) is 5.69 Å². The Labute approximate surface area is 173 Å². The minimum Gasteiger partial charge on any atom is -0.484 e. The predicted octanol–water partition coefficient (Wildman–Crippen LogP) is 4.48. The number of ether oxygens (including phenoxy) is 1. The lowest BCUT2D eigenvalue weighted by Crippen LogP contribution is -2.22. The van der Waals surface area contributed by atoms with Gasteiger partial charge in [-0.2, -0.15) is 0 Å². The van der Waals surface area contributed by atoms with Gasteiger partial charge in [-0.15, -0.1) is 10.2 Å². The number of thioether (sulfide) groups is 1. The van der Waals surface area contributed by atoms with E-state index in [9.17, 15) is 4.79 Å². The molecule has 0 radical (unpaired) electrons. The van der Waals surface area contributed by atoms with Crippen LogP contribution in [0, 0.1) is 6.92 Å². The molecular formula is C20H21ClN4O2S. The number of halogens is 1. The van der Waals surface area contributed by atoms with Crippen molar-refractivity contribution in [3.8, 4) is 5.75 Å². The van der Waals surface area contributed by atoms with Crippen molar-refractivity contribution in [2.45, 2.75) is 30.9 Å². The summed E-state index contributed by atoms with van der Waals surface area (Å²) in [5.74, 6) is 1.14. The quantitative estimate of drug-likeness (QED) is 0.575. The number of anilines is 1. The number of aryl methyl sites for hydroxylation is 1. The molecule has 0 saturated carbocycles. The van der Waals surface area contributed by atoms with Gasteiger partial charge in [0.15, 0.2) is 11.0 Å². The zero-order valence-corrected chi connectivity index (χ0v) is 17.4. The first-order valence-electron chi connectivity index (χ1n) is 8.74. The maximum absolute atomic E-state index is 12.4. The highest BCUT2D eigenvalue weighted by Gasteiger charge is 2.19. The first-order valence-corrected chi connectivity index (χ1v) is 9.99. The minimum absolute atomic E-state index is 0.0919. The summed E-state index contributed by atoms with van der Waals surface area (Å²) < 4.78 is 7.53. The highest BCUT2D eigenvalue weighted by Crippen LogP contribution is 2.26. The van der Waals surface area contributed by atoms with E-state index < -0.39 is 0 Å². The molecule has 1 atom stereocenters. The molecule has 2 aromatic carbocycles. The van der Waals surface area contributed by atoms with Gasteiger partial charge in [0, 0.05) is 12.7 Å². The van der Waals surface area contributed by atoms with Gasteiger partial charge in [-0.05, 0) is 38.1 Å². The lowest BCUT2D eigenvalue weighted by molar-refractivity contribution is -0.115. The first-order chi connectivity index (χ1) is 13.4. The molecule has 1 amide bonds. The van der Waals surface area contributed by atoms with Crippen LogP contribution < -0.4 is 10.1 Å². The summed E-state index contributed by atoms with van der Waals surface area (Å²) in [6.07, 6.45) is 0. The number of carbonyl (C=O) groups is 1. The lowest BCUT2D eigenvalue weighted by atomic mass is 10.2. The molecule has 0 aliphatic rings. The maximum Gasteiger partial charge on any atom is 0.237 e. The van der Waals surface area contributed by atoms with E-state index in [1.807, 2.05) is 61.9 Å². The molecule has 0 aliphatic heterocycles. The zero-order chi connectivity index (χ0) is 20.1. The van der Waals surface area contributed by atoms with Gasteiger partial charge in [0.05, 0.1) is 10.3 Å². The van der Waals surface area contributed by atoms with Gasteiger partial charge in [0.2, 0.25) is 5.91 Å². The zero-order valence-electron chi connectivity index (χ0n) is 15.8. The number of aromatic nitrogens is 3. The fraction of sp³-hybridized carbons (Fsp3) is 0.250. The Balaban J connectivity index is 1.59. The molecule has 1 aromatic heterocycles. The second-order valence-corrected chi connectivity index (χ2v) is 8.01. The molecular weight excluding hydrogens is 396 g/mol. The van der Waals surface area contributed by atoms with Gasteiger partial charge in [-0.3, -0.25) is 4.79 Å². The van der Waals surface area contributed by atoms with Crippen molar-refractivity contribution in [3.63, 3.8) is 0 Å². The van der Waals surface area contributed by atoms with Crippen molar-refractivity contribution < 1.29 is 9.53 Å². The van der Waals surface area contributed by atoms with Crippen molar-refractivity contribution in [1.29, 1.82) is 0 Å². The third-order valence-electron chi connectivity index (χ3n) is 4.09. The Bertz CT molecular complexity index is 959. The van der Waals surface area contributed by atoms with Gasteiger partial charge < -0.3 is 14.6 Å². The number of nitrogens with one attached hydrogen (secondary N) is 1. The summed E-state index contributed by atoms with van der Waals surface area (Å²) in [4.78, 5) is 12.4. The SMILES string of the molecule is Cc1ccc(NC(=O)C(C)Sc2nnc(COc3ccccc3Cl)n2C)cc1. The van der Waals surface area contributed by atoms with Gasteiger partial charge >= 0.3 is 0 Å². The molecule has 0 aliphatic carbocycles. The summed E-state index contributed by atoms with van der Waals surface area (Å²) >= 11 is 7.44. The molecule has 28 heavy (non-hydrogen) atoms. The normalized spacial score (nSPS) is 11.9. The molecule has 146 valence electrons. The van der Waals surface area contributed by atoms with Crippen molar-refractivity contribution >= 4 is 35.0 Å². The summed E-state index contributed by atoms with van der Waals surface area (Å²) in [7, 11) is 1.85. The fourth-order valence-electron chi connectivity index (χ4n) is 2.37. The van der Waals surface area contributed by atoms with E-state index >= 15 is 0 Å². The Morgan fingerprint density at radius 2 is 1.93 bits per heavy atom. The Kier molecular flexibility index (Phi) is 6.59. The number of carbonyl (C=O) groups excluding carboxylic acids is 1. The second-order valence-electron chi connectivity index (χ2n) is 6.29. The van der Waals surface area contributed by atoms with Gasteiger partial charge in [-0.25, -0.2) is 0 Å². The van der Waals surface area contributed by atoms with E-state index in [2.05, 4.69) is 15.5 Å². The van der Waals surface area contributed by atoms with E-state index in [1.165, 1.54) is 11.8 Å². The van der Waals surface area contributed by atoms with E-state index in [1.54, 1.807) is 12.1 Å². The molecule has 0 spiro atoms. The minimum atomic E-state index is -0.332. The van der Waals surface area contributed by atoms with Gasteiger partial charge in [-0.1, -0.05) is 53.2 Å². The summed E-state index contributed by atoms with van der Waals surface area (Å²) in [5, 5.41) is 12.1. The molecule has 3 rings (SSSR count). The number of amides is 1. The van der Waals surface area contributed by atoms with Crippen LogP contribution >= 0.6 is 23.4 Å².